The molecule has 1 aromatic carbocycles. The number of hydrogen-bond donors (Lipinski definition) is 2. The molecule has 0 fully saturated rings. The Bertz CT molecular complexity index is 708. The average Bonchev–Trinajstić information content (AvgIpc) is 2.60. The molecule has 0 aliphatic carbocycles. The molecule has 1 amide bonds. The average molecular weight is 434 g/mol. The lowest BCUT2D eigenvalue weighted by atomic mass is 9.99. The van der Waals surface area contributed by atoms with Crippen LogP contribution in [0.4, 0.5) is 4.79 Å². The monoisotopic (exact) mass is 433 g/mol. The fourth-order valence-electron chi connectivity index (χ4n) is 2.11. The number of hydrogen-bond acceptors (Lipinski definition) is 5. The first kappa shape index (κ1) is 24.0. The third-order valence-corrected chi connectivity index (χ3v) is 4.39. The van der Waals surface area contributed by atoms with Crippen molar-refractivity contribution in [2.75, 3.05) is 6.54 Å². The molecule has 0 radical (unpaired) electrons. The lowest BCUT2D eigenvalue weighted by Crippen LogP contribution is -2.39. The minimum atomic E-state index is -1.11. The maximum Gasteiger partial charge on any atom is 0.410 e. The molecule has 0 saturated heterocycles. The summed E-state index contributed by atoms with van der Waals surface area (Å²) in [6.07, 6.45) is -1.87. The Morgan fingerprint density at radius 3 is 2.29 bits per heavy atom. The summed E-state index contributed by atoms with van der Waals surface area (Å²) < 4.78 is 10.3. The topological polar surface area (TPSA) is 102 Å². The highest BCUT2D eigenvalue weighted by molar-refractivity contribution is 6.33. The Labute approximate surface area is 174 Å². The number of amides is 1. The van der Waals surface area contributed by atoms with Gasteiger partial charge >= 0.3 is 18.0 Å². The molecule has 0 spiro atoms. The Morgan fingerprint density at radius 2 is 1.75 bits per heavy atom. The molecule has 0 unspecified atom stereocenters. The van der Waals surface area contributed by atoms with E-state index in [-0.39, 0.29) is 24.8 Å². The van der Waals surface area contributed by atoms with Crippen molar-refractivity contribution in [2.24, 2.45) is 17.8 Å². The summed E-state index contributed by atoms with van der Waals surface area (Å²) in [4.78, 5) is 35.3. The normalized spacial score (nSPS) is 13.1. The summed E-state index contributed by atoms with van der Waals surface area (Å²) in [6, 6.07) is 4.76. The van der Waals surface area contributed by atoms with Crippen LogP contribution in [-0.2, 0) is 25.5 Å². The van der Waals surface area contributed by atoms with Gasteiger partial charge in [0, 0.05) is 22.5 Å². The number of benzene rings is 1. The van der Waals surface area contributed by atoms with E-state index >= 15 is 0 Å². The van der Waals surface area contributed by atoms with Crippen LogP contribution in [0.5, 0.6) is 0 Å². The van der Waals surface area contributed by atoms with Gasteiger partial charge in [0.1, 0.15) is 0 Å². The van der Waals surface area contributed by atoms with E-state index in [2.05, 4.69) is 5.32 Å². The van der Waals surface area contributed by atoms with Gasteiger partial charge in [-0.2, -0.15) is 0 Å². The van der Waals surface area contributed by atoms with Gasteiger partial charge in [0.25, 0.3) is 6.29 Å². The van der Waals surface area contributed by atoms with Gasteiger partial charge in [0.2, 0.25) is 0 Å². The van der Waals surface area contributed by atoms with Crippen molar-refractivity contribution in [3.63, 3.8) is 0 Å². The van der Waals surface area contributed by atoms with Gasteiger partial charge in [0.15, 0.2) is 0 Å². The SMILES string of the molecule is CC(C)C(=O)O[C@@H](OC(=O)NC[C@H](Cc1cc(Cl)ccc1Cl)C(=O)O)C(C)C. The van der Waals surface area contributed by atoms with E-state index in [9.17, 15) is 19.5 Å². The molecule has 0 aliphatic rings. The van der Waals surface area contributed by atoms with Gasteiger partial charge in [-0.05, 0) is 30.2 Å². The molecule has 28 heavy (non-hydrogen) atoms. The summed E-state index contributed by atoms with van der Waals surface area (Å²) in [6.45, 7) is 6.59. The second kappa shape index (κ2) is 11.1. The fraction of sp³-hybridized carbons (Fsp3) is 0.526. The molecule has 2 atom stereocenters. The molecule has 0 heterocycles. The third kappa shape index (κ3) is 7.94. The van der Waals surface area contributed by atoms with Crippen molar-refractivity contribution >= 4 is 41.2 Å². The number of rotatable bonds is 9. The maximum absolute atomic E-state index is 12.0. The number of halogens is 2. The van der Waals surface area contributed by atoms with Crippen molar-refractivity contribution in [2.45, 2.75) is 40.4 Å². The lowest BCUT2D eigenvalue weighted by Gasteiger charge is -2.23. The molecule has 0 saturated carbocycles. The van der Waals surface area contributed by atoms with E-state index in [4.69, 9.17) is 32.7 Å². The predicted octanol–water partition coefficient (Wildman–Crippen LogP) is 4.14. The van der Waals surface area contributed by atoms with Crippen LogP contribution in [-0.4, -0.2) is 36.0 Å². The maximum atomic E-state index is 12.0. The Balaban J connectivity index is 2.69. The van der Waals surface area contributed by atoms with Crippen LogP contribution >= 0.6 is 23.2 Å². The number of nitrogens with one attached hydrogen (secondary N) is 1. The van der Waals surface area contributed by atoms with Crippen molar-refractivity contribution in [3.05, 3.63) is 33.8 Å². The zero-order valence-electron chi connectivity index (χ0n) is 16.2. The summed E-state index contributed by atoms with van der Waals surface area (Å²) in [7, 11) is 0. The summed E-state index contributed by atoms with van der Waals surface area (Å²) in [5.74, 6) is -3.19. The van der Waals surface area contributed by atoms with Crippen LogP contribution in [0.25, 0.3) is 0 Å². The molecule has 0 aliphatic heterocycles. The molecular weight excluding hydrogens is 409 g/mol. The minimum absolute atomic E-state index is 0.0744. The van der Waals surface area contributed by atoms with Gasteiger partial charge in [-0.15, -0.1) is 0 Å². The first-order valence-electron chi connectivity index (χ1n) is 8.83. The fourth-order valence-corrected chi connectivity index (χ4v) is 2.50. The molecule has 0 aromatic heterocycles. The number of esters is 1. The first-order valence-corrected chi connectivity index (χ1v) is 9.58. The highest BCUT2D eigenvalue weighted by Crippen LogP contribution is 2.23. The third-order valence-electron chi connectivity index (χ3n) is 3.79. The van der Waals surface area contributed by atoms with Crippen LogP contribution in [0, 0.1) is 17.8 Å². The van der Waals surface area contributed by atoms with E-state index in [1.807, 2.05) is 0 Å². The van der Waals surface area contributed by atoms with Gasteiger partial charge in [0.05, 0.1) is 11.8 Å². The molecule has 156 valence electrons. The van der Waals surface area contributed by atoms with Gasteiger partial charge < -0.3 is 19.9 Å². The number of aliphatic carboxylic acids is 1. The van der Waals surface area contributed by atoms with E-state index in [1.165, 1.54) is 0 Å². The Kier molecular flexibility index (Phi) is 9.55. The summed E-state index contributed by atoms with van der Waals surface area (Å²) in [5, 5.41) is 12.6. The molecule has 1 aromatic rings. The first-order chi connectivity index (χ1) is 13.0. The highest BCUT2D eigenvalue weighted by Gasteiger charge is 2.26. The van der Waals surface area contributed by atoms with Gasteiger partial charge in [-0.1, -0.05) is 50.9 Å². The molecular formula is C19H25Cl2NO6. The van der Waals surface area contributed by atoms with Crippen molar-refractivity contribution in [1.29, 1.82) is 0 Å². The second-order valence-corrected chi connectivity index (χ2v) is 7.81. The van der Waals surface area contributed by atoms with Crippen LogP contribution < -0.4 is 5.32 Å². The van der Waals surface area contributed by atoms with E-state index in [0.717, 1.165) is 0 Å². The molecule has 0 bridgehead atoms. The van der Waals surface area contributed by atoms with Crippen molar-refractivity contribution in [3.8, 4) is 0 Å². The highest BCUT2D eigenvalue weighted by atomic mass is 35.5. The van der Waals surface area contributed by atoms with E-state index in [0.29, 0.717) is 15.6 Å². The Hall–Kier alpha value is -1.99. The standard InChI is InChI=1S/C19H25Cl2NO6/c1-10(2)17(25)27-18(11(3)4)28-19(26)22-9-13(16(23)24)7-12-8-14(20)5-6-15(12)21/h5-6,8,10-11,13,18H,7,9H2,1-4H3,(H,22,26)(H,23,24)/t13-,18-/m0/s1. The zero-order valence-corrected chi connectivity index (χ0v) is 17.7. The van der Waals surface area contributed by atoms with Crippen LogP contribution in [0.1, 0.15) is 33.3 Å². The number of carboxylic acid groups (broad SMARTS) is 1. The van der Waals surface area contributed by atoms with Crippen LogP contribution in [0.2, 0.25) is 10.0 Å². The van der Waals surface area contributed by atoms with E-state index < -0.39 is 30.2 Å². The second-order valence-electron chi connectivity index (χ2n) is 6.97. The number of carboxylic acids is 1. The molecule has 9 heteroatoms. The molecule has 2 N–H and O–H groups in total. The molecule has 7 nitrogen and oxygen atoms in total. The number of carbonyl (C=O) groups excluding carboxylic acids is 2. The molecule has 1 rings (SSSR count). The predicted molar refractivity (Wildman–Crippen MR) is 105 cm³/mol. The Morgan fingerprint density at radius 1 is 1.11 bits per heavy atom. The van der Waals surface area contributed by atoms with Crippen molar-refractivity contribution in [1.82, 2.24) is 5.32 Å². The number of carbonyl (C=O) groups is 3. The lowest BCUT2D eigenvalue weighted by molar-refractivity contribution is -0.178. The van der Waals surface area contributed by atoms with Crippen LogP contribution in [0.15, 0.2) is 18.2 Å². The largest absolute Gasteiger partial charge is 0.481 e. The van der Waals surface area contributed by atoms with Gasteiger partial charge in [-0.3, -0.25) is 9.59 Å². The van der Waals surface area contributed by atoms with E-state index in [1.54, 1.807) is 45.9 Å². The smallest absolute Gasteiger partial charge is 0.410 e. The summed E-state index contributed by atoms with van der Waals surface area (Å²) in [5.41, 5.74) is 0.558. The number of ether oxygens (including phenoxy) is 2. The summed E-state index contributed by atoms with van der Waals surface area (Å²) >= 11 is 12.0. The quantitative estimate of drug-likeness (QED) is 0.447. The van der Waals surface area contributed by atoms with Crippen molar-refractivity contribution < 1.29 is 29.0 Å². The zero-order chi connectivity index (χ0) is 21.4. The minimum Gasteiger partial charge on any atom is -0.481 e. The van der Waals surface area contributed by atoms with Crippen LogP contribution in [0.3, 0.4) is 0 Å². The number of alkyl carbamates (subject to hydrolysis) is 1. The van der Waals surface area contributed by atoms with Gasteiger partial charge in [-0.25, -0.2) is 4.79 Å².